The molecule has 10 heteroatoms. The predicted molar refractivity (Wildman–Crippen MR) is 98.3 cm³/mol. The molecule has 0 fully saturated rings. The van der Waals surface area contributed by atoms with Crippen LogP contribution < -0.4 is 10.6 Å². The Morgan fingerprint density at radius 3 is 2.69 bits per heavy atom. The molecule has 1 heterocycles. The summed E-state index contributed by atoms with van der Waals surface area (Å²) in [6, 6.07) is 6.06. The Kier molecular flexibility index (Phi) is 6.34. The van der Waals surface area contributed by atoms with Gasteiger partial charge in [0.05, 0.1) is 27.2 Å². The van der Waals surface area contributed by atoms with Crippen molar-refractivity contribution in [1.82, 2.24) is 5.16 Å². The average Bonchev–Trinajstić information content (AvgIpc) is 2.99. The average molecular weight is 378 g/mol. The van der Waals surface area contributed by atoms with Crippen molar-refractivity contribution in [3.05, 3.63) is 45.7 Å². The van der Waals surface area contributed by atoms with Gasteiger partial charge >= 0.3 is 0 Å². The molecule has 1 unspecified atom stereocenters. The molecule has 0 aliphatic heterocycles. The van der Waals surface area contributed by atoms with Gasteiger partial charge in [0.2, 0.25) is 11.8 Å². The predicted octanol–water partition coefficient (Wildman–Crippen LogP) is 2.90. The van der Waals surface area contributed by atoms with Gasteiger partial charge < -0.3 is 15.2 Å². The van der Waals surface area contributed by atoms with Crippen LogP contribution >= 0.6 is 11.8 Å². The summed E-state index contributed by atoms with van der Waals surface area (Å²) in [5.41, 5.74) is 0.689. The Balaban J connectivity index is 1.87. The summed E-state index contributed by atoms with van der Waals surface area (Å²) in [6.45, 7) is 4.94. The van der Waals surface area contributed by atoms with Gasteiger partial charge in [-0.3, -0.25) is 19.7 Å². The quantitative estimate of drug-likeness (QED) is 0.560. The molecule has 0 spiro atoms. The summed E-state index contributed by atoms with van der Waals surface area (Å²) < 4.78 is 4.86. The summed E-state index contributed by atoms with van der Waals surface area (Å²) in [5, 5.41) is 19.3. The van der Waals surface area contributed by atoms with E-state index in [0.29, 0.717) is 22.8 Å². The smallest absolute Gasteiger partial charge is 0.274 e. The minimum Gasteiger partial charge on any atom is -0.360 e. The van der Waals surface area contributed by atoms with Crippen LogP contribution in [0.5, 0.6) is 0 Å². The van der Waals surface area contributed by atoms with Gasteiger partial charge in [0, 0.05) is 12.1 Å². The van der Waals surface area contributed by atoms with E-state index in [0.717, 1.165) is 11.8 Å². The largest absolute Gasteiger partial charge is 0.360 e. The van der Waals surface area contributed by atoms with Crippen molar-refractivity contribution in [1.29, 1.82) is 0 Å². The van der Waals surface area contributed by atoms with Crippen LogP contribution in [0.2, 0.25) is 0 Å². The van der Waals surface area contributed by atoms with Gasteiger partial charge in [-0.05, 0) is 26.8 Å². The van der Waals surface area contributed by atoms with E-state index in [1.54, 1.807) is 32.9 Å². The number of nitrogens with zero attached hydrogens (tertiary/aromatic N) is 2. The van der Waals surface area contributed by atoms with Gasteiger partial charge in [-0.15, -0.1) is 11.8 Å². The first-order valence-corrected chi connectivity index (χ1v) is 8.72. The van der Waals surface area contributed by atoms with Crippen molar-refractivity contribution in [2.75, 3.05) is 16.4 Å². The molecule has 0 aliphatic rings. The fourth-order valence-electron chi connectivity index (χ4n) is 2.07. The number of anilines is 2. The standard InChI is InChI=1S/C16H18N4O5S/c1-9-7-14(19-25-9)18-16(22)11(3)26-8-15(21)17-12-5-4-6-13(10(12)2)20(23)24/h4-7,11H,8H2,1-3H3,(H,17,21)(H,18,19,22). The Hall–Kier alpha value is -2.88. The van der Waals surface area contributed by atoms with E-state index >= 15 is 0 Å². The van der Waals surface area contributed by atoms with Crippen molar-refractivity contribution >= 4 is 40.8 Å². The molecule has 26 heavy (non-hydrogen) atoms. The number of hydrogen-bond acceptors (Lipinski definition) is 7. The molecule has 2 rings (SSSR count). The van der Waals surface area contributed by atoms with Crippen LogP contribution in [-0.2, 0) is 9.59 Å². The second-order valence-electron chi connectivity index (χ2n) is 5.52. The van der Waals surface area contributed by atoms with Crippen LogP contribution in [0.1, 0.15) is 18.2 Å². The highest BCUT2D eigenvalue weighted by molar-refractivity contribution is 8.01. The number of carbonyl (C=O) groups is 2. The highest BCUT2D eigenvalue weighted by Gasteiger charge is 2.18. The summed E-state index contributed by atoms with van der Waals surface area (Å²) in [7, 11) is 0. The monoisotopic (exact) mass is 378 g/mol. The van der Waals surface area contributed by atoms with E-state index in [2.05, 4.69) is 15.8 Å². The number of nitrogens with one attached hydrogen (secondary N) is 2. The number of carbonyl (C=O) groups excluding carboxylic acids is 2. The Morgan fingerprint density at radius 1 is 1.35 bits per heavy atom. The Bertz CT molecular complexity index is 836. The molecular weight excluding hydrogens is 360 g/mol. The maximum absolute atomic E-state index is 12.1. The lowest BCUT2D eigenvalue weighted by molar-refractivity contribution is -0.385. The number of amides is 2. The summed E-state index contributed by atoms with van der Waals surface area (Å²) in [6.07, 6.45) is 0. The van der Waals surface area contributed by atoms with Crippen molar-refractivity contribution in [2.24, 2.45) is 0 Å². The molecule has 1 aromatic carbocycles. The van der Waals surface area contributed by atoms with Gasteiger partial charge in [-0.1, -0.05) is 11.2 Å². The number of thioether (sulfide) groups is 1. The van der Waals surface area contributed by atoms with Crippen LogP contribution in [0.4, 0.5) is 17.2 Å². The molecule has 138 valence electrons. The molecule has 0 radical (unpaired) electrons. The third-order valence-corrected chi connectivity index (χ3v) is 4.63. The van der Waals surface area contributed by atoms with Gasteiger partial charge in [-0.2, -0.15) is 0 Å². The number of rotatable bonds is 7. The van der Waals surface area contributed by atoms with Crippen LogP contribution in [0.3, 0.4) is 0 Å². The maximum Gasteiger partial charge on any atom is 0.274 e. The lowest BCUT2D eigenvalue weighted by Gasteiger charge is -2.11. The zero-order valence-corrected chi connectivity index (χ0v) is 15.3. The van der Waals surface area contributed by atoms with E-state index in [-0.39, 0.29) is 23.3 Å². The lowest BCUT2D eigenvalue weighted by Crippen LogP contribution is -2.25. The molecule has 1 atom stereocenters. The molecule has 1 aromatic heterocycles. The number of nitro benzene ring substituents is 1. The van der Waals surface area contributed by atoms with E-state index in [1.807, 2.05) is 0 Å². The summed E-state index contributed by atoms with van der Waals surface area (Å²) in [4.78, 5) is 34.6. The number of aryl methyl sites for hydroxylation is 1. The van der Waals surface area contributed by atoms with Crippen LogP contribution in [0.15, 0.2) is 28.8 Å². The van der Waals surface area contributed by atoms with Crippen molar-refractivity contribution < 1.29 is 19.0 Å². The zero-order valence-electron chi connectivity index (χ0n) is 14.4. The number of aromatic nitrogens is 1. The van der Waals surface area contributed by atoms with E-state index < -0.39 is 10.2 Å². The fourth-order valence-corrected chi connectivity index (χ4v) is 2.76. The zero-order chi connectivity index (χ0) is 19.3. The van der Waals surface area contributed by atoms with Crippen LogP contribution in [-0.4, -0.2) is 32.9 Å². The van der Waals surface area contributed by atoms with Gasteiger partial charge in [0.15, 0.2) is 5.82 Å². The molecule has 0 saturated heterocycles. The first-order chi connectivity index (χ1) is 12.3. The van der Waals surface area contributed by atoms with Crippen molar-refractivity contribution in [3.8, 4) is 0 Å². The molecule has 0 saturated carbocycles. The molecule has 2 amide bonds. The minimum absolute atomic E-state index is 0.0224. The van der Waals surface area contributed by atoms with Crippen molar-refractivity contribution in [2.45, 2.75) is 26.0 Å². The van der Waals surface area contributed by atoms with Gasteiger partial charge in [-0.25, -0.2) is 0 Å². The first-order valence-electron chi connectivity index (χ1n) is 7.67. The SMILES string of the molecule is Cc1cc(NC(=O)C(C)SCC(=O)Nc2cccc([N+](=O)[O-])c2C)no1. The Morgan fingerprint density at radius 2 is 2.08 bits per heavy atom. The summed E-state index contributed by atoms with van der Waals surface area (Å²) in [5.74, 6) is 0.260. The first kappa shape index (κ1) is 19.4. The lowest BCUT2D eigenvalue weighted by atomic mass is 10.1. The topological polar surface area (TPSA) is 127 Å². The summed E-state index contributed by atoms with van der Waals surface area (Å²) >= 11 is 1.14. The van der Waals surface area contributed by atoms with Crippen LogP contribution in [0.25, 0.3) is 0 Å². The maximum atomic E-state index is 12.1. The molecule has 0 aliphatic carbocycles. The van der Waals surface area contributed by atoms with Crippen LogP contribution in [0, 0.1) is 24.0 Å². The highest BCUT2D eigenvalue weighted by Crippen LogP contribution is 2.25. The second kappa shape index (κ2) is 8.48. The minimum atomic E-state index is -0.502. The molecule has 9 nitrogen and oxygen atoms in total. The van der Waals surface area contributed by atoms with Gasteiger partial charge in [0.25, 0.3) is 5.69 Å². The van der Waals surface area contributed by atoms with E-state index in [4.69, 9.17) is 4.52 Å². The third-order valence-electron chi connectivity index (χ3n) is 3.49. The molecule has 2 aromatic rings. The van der Waals surface area contributed by atoms with Gasteiger partial charge in [0.1, 0.15) is 5.76 Å². The van der Waals surface area contributed by atoms with E-state index in [1.165, 1.54) is 12.1 Å². The Labute approximate surface area is 153 Å². The molecule has 0 bridgehead atoms. The highest BCUT2D eigenvalue weighted by atomic mass is 32.2. The number of benzene rings is 1. The number of hydrogen-bond donors (Lipinski definition) is 2. The second-order valence-corrected chi connectivity index (χ2v) is 6.85. The van der Waals surface area contributed by atoms with Crippen molar-refractivity contribution in [3.63, 3.8) is 0 Å². The van der Waals surface area contributed by atoms with E-state index in [9.17, 15) is 19.7 Å². The molecule has 2 N–H and O–H groups in total. The molecular formula is C16H18N4O5S. The third kappa shape index (κ3) is 5.06. The fraction of sp³-hybridized carbons (Fsp3) is 0.312. The normalized spacial score (nSPS) is 11.7. The number of nitro groups is 1.